The molecule has 0 aliphatic heterocycles. The molecule has 0 spiro atoms. The Morgan fingerprint density at radius 1 is 1.53 bits per heavy atom. The molecule has 1 unspecified atom stereocenters. The molecule has 2 heterocycles. The minimum Gasteiger partial charge on any atom is -0.469 e. The highest BCUT2D eigenvalue weighted by Gasteiger charge is 2.14. The number of hydrogen-bond donors (Lipinski definition) is 0. The average Bonchev–Trinajstić information content (AvgIpc) is 2.87. The van der Waals surface area contributed by atoms with E-state index < -0.39 is 0 Å². The van der Waals surface area contributed by atoms with Crippen LogP contribution in [0.25, 0.3) is 11.4 Å². The van der Waals surface area contributed by atoms with Gasteiger partial charge in [-0.25, -0.2) is 0 Å². The lowest BCUT2D eigenvalue weighted by molar-refractivity contribution is 0.359. The monoisotopic (exact) mass is 231 g/mol. The maximum atomic E-state index is 8.58. The third-order valence-corrected chi connectivity index (χ3v) is 2.53. The topological polar surface area (TPSA) is 75.8 Å². The van der Waals surface area contributed by atoms with Gasteiger partial charge in [0.05, 0.1) is 17.9 Å². The van der Waals surface area contributed by atoms with Crippen LogP contribution in [0.4, 0.5) is 0 Å². The summed E-state index contributed by atoms with van der Waals surface area (Å²) in [4.78, 5) is 4.29. The molecule has 0 amide bonds. The van der Waals surface area contributed by atoms with Crippen LogP contribution >= 0.6 is 0 Å². The maximum absolute atomic E-state index is 8.58. The molecule has 0 saturated carbocycles. The van der Waals surface area contributed by atoms with Crippen molar-refractivity contribution in [1.82, 2.24) is 10.1 Å². The Morgan fingerprint density at radius 2 is 2.35 bits per heavy atom. The van der Waals surface area contributed by atoms with Gasteiger partial charge in [0.1, 0.15) is 5.76 Å². The molecule has 0 aromatic carbocycles. The van der Waals surface area contributed by atoms with Crippen molar-refractivity contribution in [3.8, 4) is 17.5 Å². The molecule has 88 valence electrons. The van der Waals surface area contributed by atoms with Crippen LogP contribution in [-0.4, -0.2) is 10.1 Å². The number of nitrogens with zero attached hydrogens (tertiary/aromatic N) is 3. The first kappa shape index (κ1) is 11.4. The minimum atomic E-state index is 0.221. The lowest BCUT2D eigenvalue weighted by atomic mass is 10.1. The van der Waals surface area contributed by atoms with E-state index in [1.807, 2.05) is 19.9 Å². The molecule has 0 saturated heterocycles. The lowest BCUT2D eigenvalue weighted by Gasteiger charge is -2.00. The predicted octanol–water partition coefficient (Wildman–Crippen LogP) is 2.73. The minimum absolute atomic E-state index is 0.221. The molecule has 0 N–H and O–H groups in total. The van der Waals surface area contributed by atoms with Crippen LogP contribution in [0.15, 0.2) is 21.3 Å². The first-order valence-corrected chi connectivity index (χ1v) is 5.44. The summed E-state index contributed by atoms with van der Waals surface area (Å²) in [5.41, 5.74) is 0.841. The third-order valence-electron chi connectivity index (χ3n) is 2.53. The zero-order chi connectivity index (χ0) is 12.3. The number of furan rings is 1. The van der Waals surface area contributed by atoms with Crippen LogP contribution in [0.2, 0.25) is 0 Å². The van der Waals surface area contributed by atoms with Gasteiger partial charge < -0.3 is 8.94 Å². The molecule has 17 heavy (non-hydrogen) atoms. The third kappa shape index (κ3) is 2.53. The van der Waals surface area contributed by atoms with Crippen LogP contribution < -0.4 is 0 Å². The zero-order valence-electron chi connectivity index (χ0n) is 9.80. The van der Waals surface area contributed by atoms with Crippen molar-refractivity contribution < 1.29 is 8.94 Å². The first-order valence-electron chi connectivity index (χ1n) is 5.44. The van der Waals surface area contributed by atoms with Gasteiger partial charge in [0.25, 0.3) is 0 Å². The van der Waals surface area contributed by atoms with E-state index in [9.17, 15) is 0 Å². The van der Waals surface area contributed by atoms with Crippen molar-refractivity contribution in [2.24, 2.45) is 5.92 Å². The Morgan fingerprint density at radius 3 is 3.00 bits per heavy atom. The van der Waals surface area contributed by atoms with E-state index in [-0.39, 0.29) is 5.92 Å². The largest absolute Gasteiger partial charge is 0.469 e. The maximum Gasteiger partial charge on any atom is 0.227 e. The van der Waals surface area contributed by atoms with E-state index in [0.29, 0.717) is 24.6 Å². The van der Waals surface area contributed by atoms with Gasteiger partial charge in [-0.05, 0) is 18.9 Å². The van der Waals surface area contributed by atoms with E-state index in [4.69, 9.17) is 14.2 Å². The van der Waals surface area contributed by atoms with Crippen LogP contribution in [0.5, 0.6) is 0 Å². The molecule has 0 radical (unpaired) electrons. The molecular formula is C12H13N3O2. The summed E-state index contributed by atoms with van der Waals surface area (Å²) in [6.45, 7) is 3.83. The molecule has 0 bridgehead atoms. The fourth-order valence-corrected chi connectivity index (χ4v) is 1.59. The fraction of sp³-hybridized carbons (Fsp3) is 0.417. The van der Waals surface area contributed by atoms with Crippen molar-refractivity contribution >= 4 is 0 Å². The second-order valence-electron chi connectivity index (χ2n) is 4.07. The number of hydrogen-bond acceptors (Lipinski definition) is 5. The van der Waals surface area contributed by atoms with Gasteiger partial charge in [-0.1, -0.05) is 12.1 Å². The van der Waals surface area contributed by atoms with E-state index >= 15 is 0 Å². The van der Waals surface area contributed by atoms with Crippen LogP contribution in [-0.2, 0) is 6.42 Å². The Bertz CT molecular complexity index is 536. The van der Waals surface area contributed by atoms with Crippen LogP contribution in [0.3, 0.4) is 0 Å². The highest BCUT2D eigenvalue weighted by Crippen LogP contribution is 2.21. The van der Waals surface area contributed by atoms with E-state index in [1.54, 1.807) is 6.26 Å². The lowest BCUT2D eigenvalue weighted by Crippen LogP contribution is -1.98. The van der Waals surface area contributed by atoms with Gasteiger partial charge in [0.2, 0.25) is 11.7 Å². The number of aryl methyl sites for hydroxylation is 1. The average molecular weight is 231 g/mol. The first-order chi connectivity index (χ1) is 8.20. The summed E-state index contributed by atoms with van der Waals surface area (Å²) in [7, 11) is 0. The van der Waals surface area contributed by atoms with Gasteiger partial charge in [-0.3, -0.25) is 0 Å². The summed E-state index contributed by atoms with van der Waals surface area (Å²) >= 11 is 0. The van der Waals surface area contributed by atoms with Crippen LogP contribution in [0, 0.1) is 24.2 Å². The van der Waals surface area contributed by atoms with Crippen molar-refractivity contribution in [2.45, 2.75) is 26.7 Å². The fourth-order valence-electron chi connectivity index (χ4n) is 1.59. The number of aromatic nitrogens is 2. The second-order valence-corrected chi connectivity index (χ2v) is 4.07. The SMILES string of the molecule is Cc1occc1-c1noc(CC(C)CC#N)n1. The molecule has 0 aliphatic carbocycles. The quantitative estimate of drug-likeness (QED) is 0.808. The van der Waals surface area contributed by atoms with Gasteiger partial charge in [0.15, 0.2) is 0 Å². The van der Waals surface area contributed by atoms with Gasteiger partial charge >= 0.3 is 0 Å². The van der Waals surface area contributed by atoms with Gasteiger partial charge in [-0.15, -0.1) is 0 Å². The van der Waals surface area contributed by atoms with Gasteiger partial charge in [0, 0.05) is 12.8 Å². The van der Waals surface area contributed by atoms with E-state index in [0.717, 1.165) is 11.3 Å². The van der Waals surface area contributed by atoms with Crippen molar-refractivity contribution in [3.63, 3.8) is 0 Å². The standard InChI is InChI=1S/C12H13N3O2/c1-8(3-5-13)7-11-14-12(15-17-11)10-4-6-16-9(10)2/h4,6,8H,3,7H2,1-2H3. The molecule has 2 aromatic heterocycles. The van der Waals surface area contributed by atoms with Gasteiger partial charge in [-0.2, -0.15) is 10.2 Å². The van der Waals surface area contributed by atoms with E-state index in [1.165, 1.54) is 0 Å². The molecule has 0 aliphatic rings. The Hall–Kier alpha value is -2.09. The number of nitriles is 1. The van der Waals surface area contributed by atoms with Crippen molar-refractivity contribution in [2.75, 3.05) is 0 Å². The van der Waals surface area contributed by atoms with E-state index in [2.05, 4.69) is 16.2 Å². The smallest absolute Gasteiger partial charge is 0.227 e. The molecule has 1 atom stereocenters. The molecule has 0 fully saturated rings. The molecule has 2 aromatic rings. The highest BCUT2D eigenvalue weighted by molar-refractivity contribution is 5.55. The highest BCUT2D eigenvalue weighted by atomic mass is 16.5. The number of rotatable bonds is 4. The second kappa shape index (κ2) is 4.83. The molecular weight excluding hydrogens is 218 g/mol. The molecule has 5 heteroatoms. The Kier molecular flexibility index (Phi) is 3.24. The summed E-state index contributed by atoms with van der Waals surface area (Å²) < 4.78 is 10.3. The summed E-state index contributed by atoms with van der Waals surface area (Å²) in [6.07, 6.45) is 2.71. The Balaban J connectivity index is 2.12. The summed E-state index contributed by atoms with van der Waals surface area (Å²) in [5, 5.41) is 12.5. The molecule has 2 rings (SSSR count). The van der Waals surface area contributed by atoms with Crippen LogP contribution in [0.1, 0.15) is 25.0 Å². The van der Waals surface area contributed by atoms with Crippen molar-refractivity contribution in [3.05, 3.63) is 24.0 Å². The zero-order valence-corrected chi connectivity index (χ0v) is 9.80. The Labute approximate surface area is 99.1 Å². The molecule has 5 nitrogen and oxygen atoms in total. The normalized spacial score (nSPS) is 12.3. The summed E-state index contributed by atoms with van der Waals surface area (Å²) in [6, 6.07) is 3.93. The predicted molar refractivity (Wildman–Crippen MR) is 59.8 cm³/mol. The van der Waals surface area contributed by atoms with Crippen molar-refractivity contribution in [1.29, 1.82) is 5.26 Å². The summed E-state index contributed by atoms with van der Waals surface area (Å²) in [5.74, 6) is 2.08.